The Labute approximate surface area is 519 Å². The van der Waals surface area contributed by atoms with Crippen molar-refractivity contribution in [1.82, 2.24) is 41.5 Å². The van der Waals surface area contributed by atoms with Gasteiger partial charge in [-0.1, -0.05) is 37.3 Å². The number of hydrogen-bond acceptors (Lipinski definition) is 21. The third-order valence-electron chi connectivity index (χ3n) is 14.9. The van der Waals surface area contributed by atoms with E-state index < -0.39 is 103 Å². The van der Waals surface area contributed by atoms with Crippen LogP contribution < -0.4 is 43.2 Å². The third kappa shape index (κ3) is 20.3. The number of pyridine rings is 2. The van der Waals surface area contributed by atoms with Gasteiger partial charge in [-0.2, -0.15) is 0 Å². The highest BCUT2D eigenvalue weighted by molar-refractivity contribution is 5.95. The lowest BCUT2D eigenvalue weighted by molar-refractivity contribution is -0.172. The molecule has 4 heterocycles. The summed E-state index contributed by atoms with van der Waals surface area (Å²) in [6, 6.07) is 9.85. The normalized spacial score (nSPS) is 15.7. The molecule has 0 saturated carbocycles. The minimum absolute atomic E-state index is 0.0286. The summed E-state index contributed by atoms with van der Waals surface area (Å²) in [5, 5.41) is 27.4. The average molecular weight is 1260 g/mol. The molecule has 0 fully saturated rings. The van der Waals surface area contributed by atoms with E-state index in [0.717, 1.165) is 5.56 Å². The maximum absolute atomic E-state index is 15.4. The van der Waals surface area contributed by atoms with Gasteiger partial charge in [0.2, 0.25) is 35.4 Å². The van der Waals surface area contributed by atoms with E-state index in [-0.39, 0.29) is 63.4 Å². The Bertz CT molecular complexity index is 3160. The van der Waals surface area contributed by atoms with E-state index >= 15 is 4.39 Å². The van der Waals surface area contributed by atoms with Gasteiger partial charge in [-0.15, -0.1) is 0 Å². The van der Waals surface area contributed by atoms with Gasteiger partial charge < -0.3 is 94.7 Å². The number of halogens is 1. The van der Waals surface area contributed by atoms with Crippen LogP contribution in [-0.4, -0.2) is 207 Å². The van der Waals surface area contributed by atoms with Gasteiger partial charge in [-0.25, -0.2) is 14.2 Å². The molecule has 492 valence electrons. The van der Waals surface area contributed by atoms with Crippen LogP contribution in [0, 0.1) is 12.7 Å². The zero-order valence-corrected chi connectivity index (χ0v) is 50.8. The van der Waals surface area contributed by atoms with Crippen LogP contribution in [0.1, 0.15) is 71.2 Å². The van der Waals surface area contributed by atoms with Crippen molar-refractivity contribution in [3.63, 3.8) is 0 Å². The highest BCUT2D eigenvalue weighted by atomic mass is 19.1. The summed E-state index contributed by atoms with van der Waals surface area (Å²) < 4.78 is 70.9. The molecule has 2 aromatic heterocycles. The summed E-state index contributed by atoms with van der Waals surface area (Å²) in [6.07, 6.45) is 0.719. The fourth-order valence-corrected chi connectivity index (χ4v) is 10.3. The molecule has 0 radical (unpaired) electrons. The summed E-state index contributed by atoms with van der Waals surface area (Å²) in [4.78, 5) is 109. The van der Waals surface area contributed by atoms with Crippen LogP contribution in [0.25, 0.3) is 22.3 Å². The van der Waals surface area contributed by atoms with Gasteiger partial charge in [0.25, 0.3) is 5.56 Å². The molecule has 4 aromatic rings. The Balaban J connectivity index is 0.743. The number of fused-ring (bicyclic) bond motifs is 5. The third-order valence-corrected chi connectivity index (χ3v) is 14.9. The van der Waals surface area contributed by atoms with Gasteiger partial charge in [-0.05, 0) is 54.5 Å². The van der Waals surface area contributed by atoms with Crippen LogP contribution >= 0.6 is 0 Å². The Morgan fingerprint density at radius 2 is 1.28 bits per heavy atom. The van der Waals surface area contributed by atoms with Gasteiger partial charge in [0.05, 0.1) is 160 Å². The predicted molar refractivity (Wildman–Crippen MR) is 319 cm³/mol. The second-order valence-corrected chi connectivity index (χ2v) is 21.1. The summed E-state index contributed by atoms with van der Waals surface area (Å²) in [5.41, 5.74) is 7.19. The van der Waals surface area contributed by atoms with Crippen LogP contribution in [0.3, 0.4) is 0 Å². The Hall–Kier alpha value is -7.42. The van der Waals surface area contributed by atoms with Gasteiger partial charge in [0, 0.05) is 42.0 Å². The maximum Gasteiger partial charge on any atom is 0.343 e. The van der Waals surface area contributed by atoms with Crippen LogP contribution in [0.4, 0.5) is 4.39 Å². The molecule has 28 nitrogen and oxygen atoms in total. The fraction of sp³-hybridized carbons (Fsp3) is 0.557. The molecule has 0 saturated heterocycles. The topological polar surface area (TPSA) is 365 Å². The number of aromatic nitrogens is 2. The molecular weight excluding hydrogens is 1180 g/mol. The van der Waals surface area contributed by atoms with E-state index in [2.05, 4.69) is 31.9 Å². The number of nitrogens with two attached hydrogens (primary N) is 1. The lowest BCUT2D eigenvalue weighted by Crippen LogP contribution is -2.52. The monoisotopic (exact) mass is 1260 g/mol. The van der Waals surface area contributed by atoms with E-state index in [1.54, 1.807) is 50.2 Å². The smallest absolute Gasteiger partial charge is 0.343 e. The number of ether oxygens (including phenoxy) is 10. The van der Waals surface area contributed by atoms with Gasteiger partial charge >= 0.3 is 5.97 Å². The van der Waals surface area contributed by atoms with Crippen molar-refractivity contribution in [3.05, 3.63) is 97.6 Å². The summed E-state index contributed by atoms with van der Waals surface area (Å²) in [5.74, 6) is -5.10. The molecule has 0 spiro atoms. The first kappa shape index (κ1) is 70.0. The first-order valence-corrected chi connectivity index (χ1v) is 30.0. The summed E-state index contributed by atoms with van der Waals surface area (Å²) in [6.45, 7) is 7.46. The zero-order valence-electron chi connectivity index (χ0n) is 50.8. The van der Waals surface area contributed by atoms with E-state index in [1.165, 1.54) is 10.6 Å². The lowest BCUT2D eigenvalue weighted by Gasteiger charge is -2.31. The molecule has 7 rings (SSSR count). The van der Waals surface area contributed by atoms with Crippen LogP contribution in [0.5, 0.6) is 0 Å². The van der Waals surface area contributed by atoms with Gasteiger partial charge in [-0.3, -0.25) is 33.6 Å². The standard InChI is InChI=1S/C61H82FN9O19/c1-3-61(80)44-30-49-57-42(35-71(49)59(78)43(44)36-90-60(61)79)56-46(10-9-41-39(2)45(62)31-47(70-57)55(41)56)68-54(76)37-89-38-67-52(74)33-66-58(77)48(29-40-7-5-4-6-8-40)69-53(75)34-65-51(73)32-64-50(72)11-13-81-15-17-83-19-21-85-23-25-87-27-28-88-26-24-86-22-20-84-18-16-82-14-12-63/h4-8,30-31,46,48,80H,3,9-29,32-38,63H2,1-2H3,(H,64,72)(H,65,73)(H,66,77)(H,67,74)(H,68,76)(H,69,75)/t46-,48-,61-/m0/s1. The average Bonchev–Trinajstić information content (AvgIpc) is 1.46. The molecule has 0 bridgehead atoms. The van der Waals surface area contributed by atoms with Crippen molar-refractivity contribution in [2.75, 3.05) is 145 Å². The van der Waals surface area contributed by atoms with Gasteiger partial charge in [0.1, 0.15) is 31.8 Å². The molecule has 6 amide bonds. The minimum atomic E-state index is -2.06. The van der Waals surface area contributed by atoms with Crippen LogP contribution in [-0.2, 0) is 113 Å². The fourth-order valence-electron chi connectivity index (χ4n) is 10.3. The quantitative estimate of drug-likeness (QED) is 0.0136. The number of cyclic esters (lactones) is 1. The first-order chi connectivity index (χ1) is 43.6. The Morgan fingerprint density at radius 1 is 0.711 bits per heavy atom. The molecule has 1 aliphatic carbocycles. The van der Waals surface area contributed by atoms with Crippen molar-refractivity contribution >= 4 is 52.3 Å². The molecule has 3 aliphatic rings. The lowest BCUT2D eigenvalue weighted by atomic mass is 9.81. The number of nitrogens with one attached hydrogen (secondary N) is 6. The van der Waals surface area contributed by atoms with Crippen molar-refractivity contribution < 1.29 is 90.4 Å². The maximum atomic E-state index is 15.4. The largest absolute Gasteiger partial charge is 0.458 e. The molecule has 2 aliphatic heterocycles. The SMILES string of the molecule is CC[C@@]1(O)C(=O)OCc2c1cc1n(c2=O)Cc2c-1nc1cc(F)c(C)c3c1c2[C@@H](NC(=O)COCNC(=O)CNC(=O)[C@H](Cc1ccccc1)NC(=O)CNC(=O)CNC(=O)CCOCCOCCOCCOCCOCCOCCOCCOCCN)CC3. The number of aliphatic hydroxyl groups is 1. The number of rotatable bonds is 42. The number of carbonyl (C=O) groups excluding carboxylic acids is 7. The number of esters is 1. The molecule has 90 heavy (non-hydrogen) atoms. The minimum Gasteiger partial charge on any atom is -0.458 e. The van der Waals surface area contributed by atoms with Gasteiger partial charge in [0.15, 0.2) is 5.60 Å². The number of benzene rings is 2. The van der Waals surface area contributed by atoms with Crippen LogP contribution in [0.2, 0.25) is 0 Å². The number of carbonyl (C=O) groups is 7. The predicted octanol–water partition coefficient (Wildman–Crippen LogP) is -0.721. The van der Waals surface area contributed by atoms with Crippen LogP contribution in [0.15, 0.2) is 47.3 Å². The number of amides is 6. The molecule has 0 unspecified atom stereocenters. The number of hydrogen-bond donors (Lipinski definition) is 8. The highest BCUT2D eigenvalue weighted by Gasteiger charge is 2.46. The van der Waals surface area contributed by atoms with E-state index in [4.69, 9.17) is 58.1 Å². The second kappa shape index (κ2) is 36.4. The molecule has 29 heteroatoms. The van der Waals surface area contributed by atoms with Crippen molar-refractivity contribution in [3.8, 4) is 11.4 Å². The molecular formula is C61H82FN9O19. The molecule has 3 atom stereocenters. The number of aryl methyl sites for hydroxylation is 1. The number of nitrogens with zero attached hydrogens (tertiary/aromatic N) is 2. The summed E-state index contributed by atoms with van der Waals surface area (Å²) >= 11 is 0. The molecule has 9 N–H and O–H groups in total. The van der Waals surface area contributed by atoms with E-state index in [9.17, 15) is 43.5 Å². The summed E-state index contributed by atoms with van der Waals surface area (Å²) in [7, 11) is 0. The van der Waals surface area contributed by atoms with E-state index in [0.29, 0.717) is 150 Å². The Morgan fingerprint density at radius 3 is 1.89 bits per heavy atom. The first-order valence-electron chi connectivity index (χ1n) is 30.0. The second-order valence-electron chi connectivity index (χ2n) is 21.1. The highest BCUT2D eigenvalue weighted by Crippen LogP contribution is 2.46. The van der Waals surface area contributed by atoms with Crippen molar-refractivity contribution in [2.24, 2.45) is 5.73 Å². The van der Waals surface area contributed by atoms with Crippen molar-refractivity contribution in [1.29, 1.82) is 0 Å². The van der Waals surface area contributed by atoms with Crippen molar-refractivity contribution in [2.45, 2.75) is 76.8 Å². The Kier molecular flexibility index (Phi) is 28.4. The zero-order chi connectivity index (χ0) is 64.3. The molecule has 2 aromatic carbocycles. The van der Waals surface area contributed by atoms with E-state index in [1.807, 2.05) is 0 Å².